The fraction of sp³-hybridized carbons (Fsp3) is 0.600. The van der Waals surface area contributed by atoms with Crippen LogP contribution in [0.3, 0.4) is 0 Å². The third kappa shape index (κ3) is 2.17. The quantitative estimate of drug-likeness (QED) is 0.853. The molecule has 1 aromatic carbocycles. The second-order valence-corrected chi connectivity index (χ2v) is 5.91. The summed E-state index contributed by atoms with van der Waals surface area (Å²) in [5.41, 5.74) is 8.94. The minimum Gasteiger partial charge on any atom is -0.330 e. The summed E-state index contributed by atoms with van der Waals surface area (Å²) >= 11 is 6.24. The predicted octanol–water partition coefficient (Wildman–Crippen LogP) is 4.26. The molecule has 0 saturated heterocycles. The van der Waals surface area contributed by atoms with Crippen molar-refractivity contribution in [3.63, 3.8) is 0 Å². The van der Waals surface area contributed by atoms with Crippen molar-refractivity contribution in [2.75, 3.05) is 6.54 Å². The smallest absolute Gasteiger partial charge is 0.142 e. The summed E-state index contributed by atoms with van der Waals surface area (Å²) in [5.74, 6) is -0.312. The molecule has 0 aliphatic heterocycles. The van der Waals surface area contributed by atoms with Crippen molar-refractivity contribution in [2.24, 2.45) is 5.73 Å². The van der Waals surface area contributed by atoms with Gasteiger partial charge in [0, 0.05) is 12.0 Å². The molecule has 0 bridgehead atoms. The van der Waals surface area contributed by atoms with Crippen molar-refractivity contribution in [3.8, 4) is 0 Å². The number of hydrogen-bond acceptors (Lipinski definition) is 1. The molecule has 0 spiro atoms. The number of rotatable bonds is 2. The van der Waals surface area contributed by atoms with E-state index in [2.05, 4.69) is 0 Å². The Morgan fingerprint density at radius 2 is 1.89 bits per heavy atom. The van der Waals surface area contributed by atoms with E-state index in [1.807, 2.05) is 13.8 Å². The van der Waals surface area contributed by atoms with Crippen LogP contribution in [-0.2, 0) is 5.41 Å². The van der Waals surface area contributed by atoms with Gasteiger partial charge in [0.2, 0.25) is 0 Å². The summed E-state index contributed by atoms with van der Waals surface area (Å²) in [5, 5.41) is 0.283. The fourth-order valence-electron chi connectivity index (χ4n) is 3.26. The highest BCUT2D eigenvalue weighted by Crippen LogP contribution is 2.44. The second kappa shape index (κ2) is 5.18. The minimum atomic E-state index is -0.312. The standard InChI is InChI=1S/C15H21ClFN/c1-10-8-12(17)14(16)13(11(10)2)15(9-18)6-4-3-5-7-15/h8H,3-7,9,18H2,1-2H3. The molecule has 1 fully saturated rings. The van der Waals surface area contributed by atoms with Gasteiger partial charge in [-0.3, -0.25) is 0 Å². The average molecular weight is 270 g/mol. The fourth-order valence-corrected chi connectivity index (χ4v) is 3.65. The van der Waals surface area contributed by atoms with E-state index in [9.17, 15) is 4.39 Å². The molecule has 1 aromatic rings. The summed E-state index contributed by atoms with van der Waals surface area (Å²) in [7, 11) is 0. The number of aryl methyl sites for hydroxylation is 1. The summed E-state index contributed by atoms with van der Waals surface area (Å²) in [6.07, 6.45) is 5.59. The summed E-state index contributed by atoms with van der Waals surface area (Å²) in [6.45, 7) is 4.52. The van der Waals surface area contributed by atoms with E-state index in [-0.39, 0.29) is 16.3 Å². The van der Waals surface area contributed by atoms with Crippen LogP contribution in [0.25, 0.3) is 0 Å². The lowest BCUT2D eigenvalue weighted by Crippen LogP contribution is -2.38. The molecule has 0 unspecified atom stereocenters. The number of halogens is 2. The number of hydrogen-bond donors (Lipinski definition) is 1. The Balaban J connectivity index is 2.61. The van der Waals surface area contributed by atoms with Gasteiger partial charge in [0.15, 0.2) is 0 Å². The molecule has 0 atom stereocenters. The van der Waals surface area contributed by atoms with Crippen LogP contribution in [0, 0.1) is 19.7 Å². The number of benzene rings is 1. The highest BCUT2D eigenvalue weighted by atomic mass is 35.5. The molecular weight excluding hydrogens is 249 g/mol. The first kappa shape index (κ1) is 13.8. The Bertz CT molecular complexity index is 424. The van der Waals surface area contributed by atoms with Crippen molar-refractivity contribution >= 4 is 11.6 Å². The summed E-state index contributed by atoms with van der Waals surface area (Å²) < 4.78 is 13.9. The van der Waals surface area contributed by atoms with Crippen molar-refractivity contribution < 1.29 is 4.39 Å². The van der Waals surface area contributed by atoms with Gasteiger partial charge >= 0.3 is 0 Å². The Labute approximate surface area is 114 Å². The van der Waals surface area contributed by atoms with E-state index in [0.717, 1.165) is 42.4 Å². The first-order chi connectivity index (χ1) is 8.52. The third-order valence-electron chi connectivity index (χ3n) is 4.47. The summed E-state index contributed by atoms with van der Waals surface area (Å²) in [6, 6.07) is 1.52. The van der Waals surface area contributed by atoms with Gasteiger partial charge in [-0.1, -0.05) is 30.9 Å². The molecule has 2 rings (SSSR count). The van der Waals surface area contributed by atoms with Crippen LogP contribution in [0.2, 0.25) is 5.02 Å². The van der Waals surface area contributed by atoms with Crippen LogP contribution in [-0.4, -0.2) is 6.54 Å². The Morgan fingerprint density at radius 3 is 2.44 bits per heavy atom. The zero-order valence-electron chi connectivity index (χ0n) is 11.2. The van der Waals surface area contributed by atoms with Gasteiger partial charge in [-0.05, 0) is 49.4 Å². The molecule has 0 radical (unpaired) electrons. The Kier molecular flexibility index (Phi) is 3.98. The molecule has 1 aliphatic carbocycles. The maximum absolute atomic E-state index is 13.9. The maximum atomic E-state index is 13.9. The van der Waals surface area contributed by atoms with Crippen molar-refractivity contribution in [1.29, 1.82) is 0 Å². The van der Waals surface area contributed by atoms with E-state index in [0.29, 0.717) is 6.54 Å². The zero-order valence-corrected chi connectivity index (χ0v) is 11.9. The van der Waals surface area contributed by atoms with Crippen LogP contribution in [0.4, 0.5) is 4.39 Å². The minimum absolute atomic E-state index is 0.119. The van der Waals surface area contributed by atoms with Crippen LogP contribution in [0.1, 0.15) is 48.8 Å². The monoisotopic (exact) mass is 269 g/mol. The maximum Gasteiger partial charge on any atom is 0.142 e. The van der Waals surface area contributed by atoms with Gasteiger partial charge in [0.1, 0.15) is 5.82 Å². The van der Waals surface area contributed by atoms with E-state index in [4.69, 9.17) is 17.3 Å². The highest BCUT2D eigenvalue weighted by Gasteiger charge is 2.36. The van der Waals surface area contributed by atoms with Crippen LogP contribution >= 0.6 is 11.6 Å². The predicted molar refractivity (Wildman–Crippen MR) is 74.7 cm³/mol. The lowest BCUT2D eigenvalue weighted by atomic mass is 9.68. The van der Waals surface area contributed by atoms with E-state index in [1.54, 1.807) is 0 Å². The molecular formula is C15H21ClFN. The van der Waals surface area contributed by atoms with Gasteiger partial charge in [-0.15, -0.1) is 0 Å². The molecule has 100 valence electrons. The SMILES string of the molecule is Cc1cc(F)c(Cl)c(C2(CN)CCCCC2)c1C. The van der Waals surface area contributed by atoms with Gasteiger partial charge in [-0.25, -0.2) is 4.39 Å². The van der Waals surface area contributed by atoms with Gasteiger partial charge < -0.3 is 5.73 Å². The lowest BCUT2D eigenvalue weighted by molar-refractivity contribution is 0.298. The van der Waals surface area contributed by atoms with Crippen molar-refractivity contribution in [3.05, 3.63) is 33.6 Å². The molecule has 1 saturated carbocycles. The molecule has 2 N–H and O–H groups in total. The molecule has 0 aromatic heterocycles. The van der Waals surface area contributed by atoms with Crippen LogP contribution < -0.4 is 5.73 Å². The summed E-state index contributed by atoms with van der Waals surface area (Å²) in [4.78, 5) is 0. The first-order valence-electron chi connectivity index (χ1n) is 6.67. The average Bonchev–Trinajstić information content (AvgIpc) is 2.38. The topological polar surface area (TPSA) is 26.0 Å². The van der Waals surface area contributed by atoms with E-state index >= 15 is 0 Å². The lowest BCUT2D eigenvalue weighted by Gasteiger charge is -2.39. The molecule has 1 aliphatic rings. The Hall–Kier alpha value is -0.600. The first-order valence-corrected chi connectivity index (χ1v) is 7.05. The zero-order chi connectivity index (χ0) is 13.3. The third-order valence-corrected chi connectivity index (χ3v) is 4.84. The molecule has 1 nitrogen and oxygen atoms in total. The van der Waals surface area contributed by atoms with Crippen LogP contribution in [0.5, 0.6) is 0 Å². The molecule has 18 heavy (non-hydrogen) atoms. The molecule has 0 heterocycles. The Morgan fingerprint density at radius 1 is 1.28 bits per heavy atom. The molecule has 3 heteroatoms. The highest BCUT2D eigenvalue weighted by molar-refractivity contribution is 6.31. The largest absolute Gasteiger partial charge is 0.330 e. The normalized spacial score (nSPS) is 18.9. The van der Waals surface area contributed by atoms with Crippen molar-refractivity contribution in [2.45, 2.75) is 51.4 Å². The van der Waals surface area contributed by atoms with Gasteiger partial charge in [0.25, 0.3) is 0 Å². The second-order valence-electron chi connectivity index (χ2n) is 5.53. The van der Waals surface area contributed by atoms with Crippen LogP contribution in [0.15, 0.2) is 6.07 Å². The van der Waals surface area contributed by atoms with Crippen molar-refractivity contribution in [1.82, 2.24) is 0 Å². The number of nitrogens with two attached hydrogens (primary N) is 1. The molecule has 0 amide bonds. The van der Waals surface area contributed by atoms with E-state index in [1.165, 1.54) is 12.5 Å². The van der Waals surface area contributed by atoms with Gasteiger partial charge in [-0.2, -0.15) is 0 Å². The van der Waals surface area contributed by atoms with Gasteiger partial charge in [0.05, 0.1) is 5.02 Å². The van der Waals surface area contributed by atoms with E-state index < -0.39 is 0 Å².